The van der Waals surface area contributed by atoms with Gasteiger partial charge in [0.15, 0.2) is 5.92 Å². The van der Waals surface area contributed by atoms with Gasteiger partial charge in [0, 0.05) is 25.5 Å². The van der Waals surface area contributed by atoms with E-state index in [0.29, 0.717) is 30.4 Å². The Balaban J connectivity index is 0.922. The maximum Gasteiger partial charge on any atom is 0.324 e. The predicted octanol–water partition coefficient (Wildman–Crippen LogP) is 6.63. The van der Waals surface area contributed by atoms with Crippen LogP contribution >= 0.6 is 0 Å². The fraction of sp³-hybridized carbons (Fsp3) is 0.311. The van der Waals surface area contributed by atoms with Crippen molar-refractivity contribution in [2.75, 3.05) is 25.1 Å². The summed E-state index contributed by atoms with van der Waals surface area (Å²) in [5.41, 5.74) is 11.9. The van der Waals surface area contributed by atoms with Crippen molar-refractivity contribution in [3.05, 3.63) is 127 Å². The lowest BCUT2D eigenvalue weighted by Gasteiger charge is -2.30. The monoisotopic (exact) mass is 792 g/mol. The van der Waals surface area contributed by atoms with Crippen LogP contribution in [0.1, 0.15) is 74.7 Å². The van der Waals surface area contributed by atoms with E-state index >= 15 is 0 Å². The summed E-state index contributed by atoms with van der Waals surface area (Å²) in [5, 5.41) is 3.24. The Morgan fingerprint density at radius 2 is 1.22 bits per heavy atom. The second-order valence-electron chi connectivity index (χ2n) is 15.3. The number of H-pyrrole nitrogens is 2. The number of imidazole rings is 2. The van der Waals surface area contributed by atoms with E-state index < -0.39 is 17.9 Å². The van der Waals surface area contributed by atoms with Crippen LogP contribution in [0.2, 0.25) is 0 Å². The van der Waals surface area contributed by atoms with Crippen LogP contribution in [-0.2, 0) is 19.1 Å². The summed E-state index contributed by atoms with van der Waals surface area (Å²) in [6.45, 7) is 4.92. The SMILES string of the molecule is CC(C)[C@@H](Nc1ncccn1)C(=O)N1CCC[C@H]1c1ncc(-c2ccc(-c3ccc(-c4cnc([C@@H]5CCCN5C(=O)[C@H](C(=O)OCN)c5ccccc5)[nH]4)cc3)cc2)[nH]1. The summed E-state index contributed by atoms with van der Waals surface area (Å²) in [7, 11) is 0. The Hall–Kier alpha value is -6.67. The first kappa shape index (κ1) is 39.2. The molecule has 59 heavy (non-hydrogen) atoms. The molecule has 2 aliphatic heterocycles. The zero-order valence-electron chi connectivity index (χ0n) is 33.1. The molecule has 3 aromatic carbocycles. The molecule has 0 radical (unpaired) electrons. The average Bonchev–Trinajstić information content (AvgIpc) is 4.11. The third-order valence-electron chi connectivity index (χ3n) is 11.2. The predicted molar refractivity (Wildman–Crippen MR) is 223 cm³/mol. The van der Waals surface area contributed by atoms with E-state index in [2.05, 4.69) is 78.8 Å². The summed E-state index contributed by atoms with van der Waals surface area (Å²) in [4.78, 5) is 69.2. The Bertz CT molecular complexity index is 2360. The maximum absolute atomic E-state index is 13.9. The van der Waals surface area contributed by atoms with Crippen LogP contribution in [0.4, 0.5) is 5.95 Å². The highest BCUT2D eigenvalue weighted by atomic mass is 16.5. The zero-order valence-corrected chi connectivity index (χ0v) is 33.1. The van der Waals surface area contributed by atoms with E-state index in [1.807, 2.05) is 31.0 Å². The summed E-state index contributed by atoms with van der Waals surface area (Å²) >= 11 is 0. The van der Waals surface area contributed by atoms with Crippen molar-refractivity contribution in [2.24, 2.45) is 11.7 Å². The van der Waals surface area contributed by atoms with Crippen molar-refractivity contribution in [3.8, 4) is 33.6 Å². The molecular formula is C45H48N10O4. The third kappa shape index (κ3) is 8.35. The van der Waals surface area contributed by atoms with Crippen molar-refractivity contribution >= 4 is 23.7 Å². The van der Waals surface area contributed by atoms with E-state index in [1.165, 1.54) is 0 Å². The average molecular weight is 793 g/mol. The molecule has 302 valence electrons. The molecule has 5 N–H and O–H groups in total. The number of amides is 2. The van der Waals surface area contributed by atoms with Gasteiger partial charge in [0.05, 0.1) is 35.9 Å². The number of nitrogens with zero attached hydrogens (tertiary/aromatic N) is 6. The lowest BCUT2D eigenvalue weighted by molar-refractivity contribution is -0.152. The number of hydrogen-bond acceptors (Lipinski definition) is 10. The van der Waals surface area contributed by atoms with Crippen molar-refractivity contribution in [1.82, 2.24) is 39.7 Å². The van der Waals surface area contributed by atoms with Crippen LogP contribution < -0.4 is 11.1 Å². The topological polar surface area (TPSA) is 188 Å². The fourth-order valence-corrected chi connectivity index (χ4v) is 8.18. The van der Waals surface area contributed by atoms with Gasteiger partial charge in [-0.15, -0.1) is 0 Å². The van der Waals surface area contributed by atoms with Gasteiger partial charge in [0.25, 0.3) is 0 Å². The molecule has 0 saturated carbocycles. The van der Waals surface area contributed by atoms with Gasteiger partial charge >= 0.3 is 5.97 Å². The summed E-state index contributed by atoms with van der Waals surface area (Å²) in [6.07, 6.45) is 10.2. The van der Waals surface area contributed by atoms with Crippen LogP contribution in [0, 0.1) is 5.92 Å². The molecule has 14 nitrogen and oxygen atoms in total. The van der Waals surface area contributed by atoms with E-state index in [9.17, 15) is 14.4 Å². The molecule has 3 aromatic heterocycles. The first-order chi connectivity index (χ1) is 28.8. The summed E-state index contributed by atoms with van der Waals surface area (Å²) in [6, 6.07) is 26.4. The molecule has 2 fully saturated rings. The molecule has 0 spiro atoms. The van der Waals surface area contributed by atoms with Gasteiger partial charge in [-0.2, -0.15) is 0 Å². The van der Waals surface area contributed by atoms with Crippen molar-refractivity contribution in [3.63, 3.8) is 0 Å². The van der Waals surface area contributed by atoms with Crippen LogP contribution in [0.3, 0.4) is 0 Å². The minimum Gasteiger partial charge on any atom is -0.449 e. The highest BCUT2D eigenvalue weighted by Gasteiger charge is 2.40. The Morgan fingerprint density at radius 1 is 0.712 bits per heavy atom. The van der Waals surface area contributed by atoms with Crippen LogP contribution in [0.5, 0.6) is 0 Å². The number of nitrogens with two attached hydrogens (primary N) is 1. The largest absolute Gasteiger partial charge is 0.449 e. The highest BCUT2D eigenvalue weighted by Crippen LogP contribution is 2.36. The number of carbonyl (C=O) groups excluding carboxylic acids is 3. The molecular weight excluding hydrogens is 745 g/mol. The first-order valence-electron chi connectivity index (χ1n) is 20.2. The smallest absolute Gasteiger partial charge is 0.324 e. The quantitative estimate of drug-likeness (QED) is 0.0562. The van der Waals surface area contributed by atoms with Crippen LogP contribution in [0.25, 0.3) is 33.6 Å². The molecule has 0 aliphatic carbocycles. The number of ether oxygens (including phenoxy) is 1. The number of benzene rings is 3. The number of anilines is 1. The van der Waals surface area contributed by atoms with Crippen LogP contribution in [-0.4, -0.2) is 83.3 Å². The lowest BCUT2D eigenvalue weighted by Crippen LogP contribution is -2.45. The number of likely N-dealkylation sites (tertiary alicyclic amines) is 2. The lowest BCUT2D eigenvalue weighted by atomic mass is 9.97. The van der Waals surface area contributed by atoms with Gasteiger partial charge in [-0.1, -0.05) is 92.7 Å². The van der Waals surface area contributed by atoms with E-state index in [1.54, 1.807) is 53.8 Å². The molecule has 14 heteroatoms. The molecule has 0 bridgehead atoms. The summed E-state index contributed by atoms with van der Waals surface area (Å²) in [5.74, 6) is -0.139. The molecule has 2 saturated heterocycles. The Morgan fingerprint density at radius 3 is 1.73 bits per heavy atom. The van der Waals surface area contributed by atoms with E-state index in [4.69, 9.17) is 15.5 Å². The third-order valence-corrected chi connectivity index (χ3v) is 11.2. The minimum absolute atomic E-state index is 0.0183. The standard InChI is InChI=1S/C45H48N10O4/c1-28(2)39(53-45-47-21-8-22-48-45)43(57)55-24-7-12-37(55)41-50-26-35(52-41)32-19-15-30(16-20-32)29-13-17-31(18-14-29)34-25-49-40(51-34)36-11-6-23-54(36)42(56)38(44(58)59-27-46)33-9-4-3-5-10-33/h3-5,8-10,13-22,25-26,28,36-39H,6-7,11-12,23-24,27,46H2,1-2H3,(H,49,51)(H,50,52)(H,47,48,53)/t36-,37-,38+,39+/m0/s1. The molecule has 6 aromatic rings. The first-order valence-corrected chi connectivity index (χ1v) is 20.2. The number of hydrogen-bond donors (Lipinski definition) is 4. The van der Waals surface area contributed by atoms with Gasteiger partial charge in [-0.25, -0.2) is 19.9 Å². The number of aromatic nitrogens is 6. The van der Waals surface area contributed by atoms with Crippen molar-refractivity contribution < 1.29 is 19.1 Å². The van der Waals surface area contributed by atoms with Gasteiger partial charge in [0.2, 0.25) is 17.8 Å². The molecule has 2 amide bonds. The number of nitrogens with one attached hydrogen (secondary N) is 3. The number of esters is 1. The molecule has 4 atom stereocenters. The van der Waals surface area contributed by atoms with Gasteiger partial charge < -0.3 is 29.8 Å². The number of aromatic amines is 2. The second kappa shape index (κ2) is 17.4. The van der Waals surface area contributed by atoms with Gasteiger partial charge in [0.1, 0.15) is 24.4 Å². The Labute approximate surface area is 342 Å². The highest BCUT2D eigenvalue weighted by molar-refractivity contribution is 6.03. The maximum atomic E-state index is 13.9. The van der Waals surface area contributed by atoms with Gasteiger partial charge in [-0.05, 0) is 65.5 Å². The van der Waals surface area contributed by atoms with Crippen molar-refractivity contribution in [1.29, 1.82) is 0 Å². The number of rotatable bonds is 13. The normalized spacial score (nSPS) is 17.6. The molecule has 5 heterocycles. The minimum atomic E-state index is -1.10. The fourth-order valence-electron chi connectivity index (χ4n) is 8.18. The summed E-state index contributed by atoms with van der Waals surface area (Å²) < 4.78 is 5.11. The van der Waals surface area contributed by atoms with Gasteiger partial charge in [-0.3, -0.25) is 20.1 Å². The molecule has 2 aliphatic rings. The zero-order chi connectivity index (χ0) is 40.9. The number of carbonyl (C=O) groups is 3. The molecule has 0 unspecified atom stereocenters. The van der Waals surface area contributed by atoms with E-state index in [0.717, 1.165) is 65.1 Å². The van der Waals surface area contributed by atoms with Crippen LogP contribution in [0.15, 0.2) is 110 Å². The van der Waals surface area contributed by atoms with Crippen molar-refractivity contribution in [2.45, 2.75) is 63.6 Å². The second-order valence-corrected chi connectivity index (χ2v) is 15.3. The molecule has 8 rings (SSSR count). The Kier molecular flexibility index (Phi) is 11.6. The van der Waals surface area contributed by atoms with E-state index in [-0.39, 0.29) is 36.5 Å².